The minimum atomic E-state index is -0.359. The fraction of sp³-hybridized carbons (Fsp3) is 0.211. The van der Waals surface area contributed by atoms with Gasteiger partial charge < -0.3 is 9.47 Å². The second kappa shape index (κ2) is 8.53. The largest absolute Gasteiger partial charge is 0.493 e. The van der Waals surface area contributed by atoms with Gasteiger partial charge in [0, 0.05) is 18.2 Å². The van der Waals surface area contributed by atoms with Gasteiger partial charge in [-0.3, -0.25) is 14.9 Å². The van der Waals surface area contributed by atoms with Gasteiger partial charge in [0.25, 0.3) is 11.1 Å². The second-order valence-corrected chi connectivity index (χ2v) is 6.43. The molecule has 1 aromatic carbocycles. The van der Waals surface area contributed by atoms with Gasteiger partial charge in [-0.15, -0.1) is 0 Å². The van der Waals surface area contributed by atoms with Gasteiger partial charge in [-0.1, -0.05) is 18.2 Å². The Morgan fingerprint density at radius 3 is 2.62 bits per heavy atom. The summed E-state index contributed by atoms with van der Waals surface area (Å²) >= 11 is 0.902. The first-order chi connectivity index (χ1) is 12.6. The molecule has 0 saturated carbocycles. The maximum Gasteiger partial charge on any atom is 0.290 e. The predicted octanol–water partition coefficient (Wildman–Crippen LogP) is 3.43. The van der Waals surface area contributed by atoms with Gasteiger partial charge in [-0.25, -0.2) is 4.98 Å². The first-order valence-corrected chi connectivity index (χ1v) is 9.02. The van der Waals surface area contributed by atoms with E-state index in [9.17, 15) is 9.59 Å². The molecule has 0 bridgehead atoms. The molecule has 2 amide bonds. The number of carbonyl (C=O) groups excluding carboxylic acids is 2. The molecule has 2 aromatic rings. The van der Waals surface area contributed by atoms with Crippen LogP contribution in [0, 0.1) is 0 Å². The third-order valence-electron chi connectivity index (χ3n) is 3.52. The summed E-state index contributed by atoms with van der Waals surface area (Å²) in [4.78, 5) is 27.5. The van der Waals surface area contributed by atoms with Gasteiger partial charge in [0.2, 0.25) is 5.88 Å². The number of pyridine rings is 1. The number of benzene rings is 1. The molecule has 3 rings (SSSR count). The average Bonchev–Trinajstić information content (AvgIpc) is 2.94. The number of rotatable bonds is 7. The number of imide groups is 1. The number of nitrogens with one attached hydrogen (secondary N) is 1. The van der Waals surface area contributed by atoms with Crippen LogP contribution in [0.2, 0.25) is 0 Å². The summed E-state index contributed by atoms with van der Waals surface area (Å²) in [5, 5.41) is 1.89. The van der Waals surface area contributed by atoms with E-state index in [2.05, 4.69) is 10.3 Å². The minimum Gasteiger partial charge on any atom is -0.493 e. The van der Waals surface area contributed by atoms with Crippen LogP contribution < -0.4 is 14.8 Å². The van der Waals surface area contributed by atoms with Crippen molar-refractivity contribution in [3.05, 3.63) is 58.6 Å². The summed E-state index contributed by atoms with van der Waals surface area (Å²) in [6.45, 7) is 3.01. The van der Waals surface area contributed by atoms with Crippen LogP contribution >= 0.6 is 11.8 Å². The van der Waals surface area contributed by atoms with Crippen molar-refractivity contribution in [3.63, 3.8) is 0 Å². The van der Waals surface area contributed by atoms with Crippen molar-refractivity contribution < 1.29 is 19.1 Å². The van der Waals surface area contributed by atoms with Crippen LogP contribution in [0.5, 0.6) is 11.6 Å². The van der Waals surface area contributed by atoms with Crippen molar-refractivity contribution >= 4 is 29.0 Å². The summed E-state index contributed by atoms with van der Waals surface area (Å²) in [7, 11) is 0. The summed E-state index contributed by atoms with van der Waals surface area (Å²) in [5.41, 5.74) is 1.74. The standard InChI is InChI=1S/C19H18N2O4S/c1-2-24-17-5-3-4-14(20-17)10-11-25-15-8-6-13(7-9-15)12-16-18(22)21-19(23)26-16/h3-9,12H,2,10-11H2,1H3,(H,21,22,23). The maximum absolute atomic E-state index is 11.5. The van der Waals surface area contributed by atoms with E-state index in [0.29, 0.717) is 30.4 Å². The molecular weight excluding hydrogens is 352 g/mol. The smallest absolute Gasteiger partial charge is 0.290 e. The molecule has 0 unspecified atom stereocenters. The number of hydrogen-bond acceptors (Lipinski definition) is 6. The fourth-order valence-corrected chi connectivity index (χ4v) is 3.01. The quantitative estimate of drug-likeness (QED) is 0.753. The van der Waals surface area contributed by atoms with E-state index in [4.69, 9.17) is 9.47 Å². The zero-order chi connectivity index (χ0) is 18.4. The van der Waals surface area contributed by atoms with E-state index in [1.165, 1.54) is 0 Å². The van der Waals surface area contributed by atoms with Gasteiger partial charge in [0.05, 0.1) is 18.1 Å². The number of aromatic nitrogens is 1. The fourth-order valence-electron chi connectivity index (χ4n) is 2.33. The molecule has 1 fully saturated rings. The van der Waals surface area contributed by atoms with Crippen LogP contribution in [0.3, 0.4) is 0 Å². The SMILES string of the molecule is CCOc1cccc(CCOc2ccc(C=C3SC(=O)NC3=O)cc2)n1. The van der Waals surface area contributed by atoms with Crippen LogP contribution in [-0.2, 0) is 11.2 Å². The van der Waals surface area contributed by atoms with Crippen LogP contribution in [0.15, 0.2) is 47.4 Å². The lowest BCUT2D eigenvalue weighted by atomic mass is 10.2. The summed E-state index contributed by atoms with van der Waals surface area (Å²) in [5.74, 6) is 0.990. The van der Waals surface area contributed by atoms with E-state index in [1.807, 2.05) is 49.4 Å². The third-order valence-corrected chi connectivity index (χ3v) is 4.33. The Hall–Kier alpha value is -2.80. The van der Waals surface area contributed by atoms with Crippen molar-refractivity contribution in [2.75, 3.05) is 13.2 Å². The van der Waals surface area contributed by atoms with E-state index in [-0.39, 0.29) is 11.1 Å². The van der Waals surface area contributed by atoms with Crippen molar-refractivity contribution in [3.8, 4) is 11.6 Å². The Morgan fingerprint density at radius 2 is 1.92 bits per heavy atom. The highest BCUT2D eigenvalue weighted by atomic mass is 32.2. The normalized spacial score (nSPS) is 15.2. The molecule has 0 atom stereocenters. The lowest BCUT2D eigenvalue weighted by Crippen LogP contribution is -2.17. The Bertz CT molecular complexity index is 834. The zero-order valence-corrected chi connectivity index (χ0v) is 15.0. The number of thioether (sulfide) groups is 1. The molecular formula is C19H18N2O4S. The Morgan fingerprint density at radius 1 is 1.12 bits per heavy atom. The first kappa shape index (κ1) is 18.0. The van der Waals surface area contributed by atoms with Crippen LogP contribution in [0.4, 0.5) is 4.79 Å². The molecule has 0 aliphatic carbocycles. The highest BCUT2D eigenvalue weighted by molar-refractivity contribution is 8.18. The molecule has 1 aliphatic rings. The van der Waals surface area contributed by atoms with Gasteiger partial charge >= 0.3 is 0 Å². The number of carbonyl (C=O) groups is 2. The lowest BCUT2D eigenvalue weighted by molar-refractivity contribution is -0.115. The molecule has 2 heterocycles. The van der Waals surface area contributed by atoms with Crippen molar-refractivity contribution in [1.82, 2.24) is 10.3 Å². The van der Waals surface area contributed by atoms with Crippen LogP contribution in [-0.4, -0.2) is 29.3 Å². The number of hydrogen-bond donors (Lipinski definition) is 1. The molecule has 1 aromatic heterocycles. The molecule has 1 saturated heterocycles. The number of amides is 2. The maximum atomic E-state index is 11.5. The average molecular weight is 370 g/mol. The molecule has 7 heteroatoms. The number of nitrogens with zero attached hydrogens (tertiary/aromatic N) is 1. The van der Waals surface area contributed by atoms with Gasteiger partial charge in [-0.2, -0.15) is 0 Å². The predicted molar refractivity (Wildman–Crippen MR) is 100 cm³/mol. The summed E-state index contributed by atoms with van der Waals surface area (Å²) in [6.07, 6.45) is 2.35. The number of ether oxygens (including phenoxy) is 2. The van der Waals surface area contributed by atoms with Crippen LogP contribution in [0.1, 0.15) is 18.2 Å². The van der Waals surface area contributed by atoms with E-state index < -0.39 is 0 Å². The monoisotopic (exact) mass is 370 g/mol. The summed E-state index contributed by atoms with van der Waals surface area (Å²) in [6, 6.07) is 13.0. The van der Waals surface area contributed by atoms with Gasteiger partial charge in [0.1, 0.15) is 5.75 Å². The Kier molecular flexibility index (Phi) is 5.91. The van der Waals surface area contributed by atoms with Crippen molar-refractivity contribution in [1.29, 1.82) is 0 Å². The highest BCUT2D eigenvalue weighted by Gasteiger charge is 2.24. The Balaban J connectivity index is 1.53. The van der Waals surface area contributed by atoms with E-state index in [1.54, 1.807) is 6.08 Å². The molecule has 1 N–H and O–H groups in total. The first-order valence-electron chi connectivity index (χ1n) is 8.20. The van der Waals surface area contributed by atoms with Gasteiger partial charge in [0.15, 0.2) is 0 Å². The third kappa shape index (κ3) is 4.86. The topological polar surface area (TPSA) is 77.5 Å². The second-order valence-electron chi connectivity index (χ2n) is 5.42. The van der Waals surface area contributed by atoms with E-state index in [0.717, 1.165) is 28.8 Å². The van der Waals surface area contributed by atoms with Crippen molar-refractivity contribution in [2.24, 2.45) is 0 Å². The summed E-state index contributed by atoms with van der Waals surface area (Å²) < 4.78 is 11.1. The van der Waals surface area contributed by atoms with Crippen molar-refractivity contribution in [2.45, 2.75) is 13.3 Å². The Labute approximate surface area is 155 Å². The van der Waals surface area contributed by atoms with Gasteiger partial charge in [-0.05, 0) is 48.5 Å². The highest BCUT2D eigenvalue weighted by Crippen LogP contribution is 2.26. The molecule has 1 aliphatic heterocycles. The van der Waals surface area contributed by atoms with E-state index >= 15 is 0 Å². The minimum absolute atomic E-state index is 0.344. The zero-order valence-electron chi connectivity index (χ0n) is 14.2. The van der Waals surface area contributed by atoms with Crippen LogP contribution in [0.25, 0.3) is 6.08 Å². The molecule has 0 spiro atoms. The molecule has 134 valence electrons. The molecule has 6 nitrogen and oxygen atoms in total. The molecule has 0 radical (unpaired) electrons. The lowest BCUT2D eigenvalue weighted by Gasteiger charge is -2.07. The molecule has 26 heavy (non-hydrogen) atoms.